The van der Waals surface area contributed by atoms with Gasteiger partial charge in [0.15, 0.2) is 0 Å². The number of imidazole rings is 1. The molecule has 0 radical (unpaired) electrons. The average molecular weight is 614 g/mol. The van der Waals surface area contributed by atoms with E-state index in [-0.39, 0.29) is 121 Å². The maximum atomic E-state index is 8.93. The van der Waals surface area contributed by atoms with E-state index in [0.29, 0.717) is 0 Å². The van der Waals surface area contributed by atoms with Gasteiger partial charge in [-0.3, -0.25) is 9.97 Å². The summed E-state index contributed by atoms with van der Waals surface area (Å²) in [4.78, 5) is 41.3. The molecule has 1 aromatic rings. The first-order chi connectivity index (χ1) is 7.79. The normalized spacial score (nSPS) is 4.41. The van der Waals surface area contributed by atoms with E-state index in [1.54, 1.807) is 6.33 Å². The molecule has 0 aliphatic carbocycles. The second-order valence-electron chi connectivity index (χ2n) is 1.96. The second kappa shape index (κ2) is 71.2. The van der Waals surface area contributed by atoms with Crippen LogP contribution in [0, 0.1) is 0 Å². The fourth-order valence-corrected chi connectivity index (χ4v) is 0.241. The fraction of sp³-hybridized carbons (Fsp3) is 0. The van der Waals surface area contributed by atoms with Crippen LogP contribution in [0.25, 0.3) is 0 Å². The van der Waals surface area contributed by atoms with Gasteiger partial charge in [0.05, 0.1) is 23.9 Å². The van der Waals surface area contributed by atoms with E-state index in [1.807, 2.05) is 12.4 Å². The Kier molecular flexibility index (Phi) is 255. The Labute approximate surface area is 212 Å². The number of hydrogen-bond donors (Lipinski definition) is 1. The summed E-state index contributed by atoms with van der Waals surface area (Å²) in [6.07, 6.45) is 5.39. The number of carboxylic acids is 4. The van der Waals surface area contributed by atoms with Gasteiger partial charge in [0, 0.05) is 42.1 Å². The summed E-state index contributed by atoms with van der Waals surface area (Å²) in [5, 5.41) is 35.7. The van der Waals surface area contributed by atoms with Crippen LogP contribution < -0.4 is 55.0 Å². The summed E-state index contributed by atoms with van der Waals surface area (Å²) in [7, 11) is 0. The third-order valence-electron chi connectivity index (χ3n) is 0.776. The summed E-state index contributed by atoms with van der Waals surface area (Å²) in [5.74, 6) is -8.74. The fourth-order valence-electron chi connectivity index (χ4n) is 0.241. The quantitative estimate of drug-likeness (QED) is 0.215. The third kappa shape index (κ3) is 117. The second-order valence-corrected chi connectivity index (χ2v) is 1.96. The van der Waals surface area contributed by atoms with E-state index >= 15 is 0 Å². The van der Waals surface area contributed by atoms with Crippen LogP contribution in [0.5, 0.6) is 0 Å². The Morgan fingerprint density at radius 1 is 0.621 bits per heavy atom. The minimum atomic E-state index is -2.19. The first kappa shape index (κ1) is 104. The van der Waals surface area contributed by atoms with Crippen molar-refractivity contribution in [1.82, 2.24) is 4.98 Å². The largest absolute Gasteiger partial charge is 2.00 e. The van der Waals surface area contributed by atoms with E-state index < -0.39 is 23.9 Å². The van der Waals surface area contributed by atoms with Gasteiger partial charge in [0.2, 0.25) is 6.33 Å². The number of aromatic amines is 2. The Morgan fingerprint density at radius 2 is 0.828 bits per heavy atom. The topological polar surface area (TPSA) is 462 Å². The zero-order chi connectivity index (χ0) is 13.8. The molecule has 0 spiro atoms. The number of hydrogen-bond acceptors (Lipinski definition) is 8. The number of nitrogens with one attached hydrogen (secondary N) is 2. The molecule has 29 heavy (non-hydrogen) atoms. The van der Waals surface area contributed by atoms with E-state index in [2.05, 4.69) is 9.97 Å². The van der Waals surface area contributed by atoms with Crippen LogP contribution in [0.4, 0.5) is 0 Å². The van der Waals surface area contributed by atoms with E-state index in [1.165, 1.54) is 0 Å². The van der Waals surface area contributed by atoms with Crippen LogP contribution in [-0.2, 0) is 83.2 Å². The van der Waals surface area contributed by atoms with E-state index in [0.717, 1.165) is 0 Å². The summed E-state index contributed by atoms with van der Waals surface area (Å²) in [6, 6.07) is 0. The number of aliphatic carboxylic acids is 4. The summed E-state index contributed by atoms with van der Waals surface area (Å²) in [6.45, 7) is 0. The van der Waals surface area contributed by atoms with Gasteiger partial charge >= 0.3 is 29.6 Å². The van der Waals surface area contributed by atoms with Crippen molar-refractivity contribution in [3.8, 4) is 0 Å². The minimum Gasteiger partial charge on any atom is -2.00 e. The number of aromatic nitrogens is 2. The molecule has 0 atom stereocenters. The zero-order valence-corrected chi connectivity index (χ0v) is 20.0. The molecule has 1 rings (SSSR count). The first-order valence-corrected chi connectivity index (χ1v) is 3.62. The SMILES string of the molecule is O.O.O.O.O.O=C([O-])C(=O)[O-].O=C([O-])C(=O)[O-].[Mo].[Mo].[Na+].[O-2].[O-2].[O-2].[O-2].c1c[nH+]c[nH]1. The van der Waals surface area contributed by atoms with E-state index in [9.17, 15) is 0 Å². The predicted molar refractivity (Wildman–Crippen MR) is 58.2 cm³/mol. The molecule has 0 saturated carbocycles. The number of rotatable bonds is 0. The van der Waals surface area contributed by atoms with Gasteiger partial charge in [0.1, 0.15) is 12.4 Å². The molecule has 178 valence electrons. The maximum absolute atomic E-state index is 8.93. The Morgan fingerprint density at radius 3 is 0.862 bits per heavy atom. The number of carbonyl (C=O) groups is 4. The molecule has 1 heterocycles. The molecule has 12 N–H and O–H groups in total. The van der Waals surface area contributed by atoms with Crippen LogP contribution in [0.15, 0.2) is 18.7 Å². The third-order valence-corrected chi connectivity index (χ3v) is 0.776. The van der Waals surface area contributed by atoms with Gasteiger partial charge in [-0.1, -0.05) is 0 Å². The van der Waals surface area contributed by atoms with Crippen LogP contribution in [0.1, 0.15) is 0 Å². The smallest absolute Gasteiger partial charge is 1.00 e. The Balaban J connectivity index is -0.00000000804. The Hall–Kier alpha value is -0.893. The minimum absolute atomic E-state index is 0. The van der Waals surface area contributed by atoms with Crippen molar-refractivity contribution in [3.63, 3.8) is 0 Å². The van der Waals surface area contributed by atoms with Crippen LogP contribution in [-0.4, -0.2) is 56.2 Å². The molecule has 0 saturated heterocycles. The molecule has 0 aliphatic rings. The van der Waals surface area contributed by atoms with Gasteiger partial charge in [-0.2, -0.15) is 0 Å². The van der Waals surface area contributed by atoms with Crippen molar-refractivity contribution in [1.29, 1.82) is 0 Å². The van der Waals surface area contributed by atoms with E-state index in [4.69, 9.17) is 39.6 Å². The van der Waals surface area contributed by atoms with Crippen LogP contribution in [0.2, 0.25) is 0 Å². The van der Waals surface area contributed by atoms with Crippen molar-refractivity contribution in [3.05, 3.63) is 18.7 Å². The number of carbonyl (C=O) groups excluding carboxylic acids is 4. The summed E-state index contributed by atoms with van der Waals surface area (Å²) >= 11 is 0. The predicted octanol–water partition coefficient (Wildman–Crippen LogP) is -14.8. The maximum Gasteiger partial charge on any atom is 1.00 e. The van der Waals surface area contributed by atoms with Crippen LogP contribution >= 0.6 is 0 Å². The van der Waals surface area contributed by atoms with Gasteiger partial charge in [0.25, 0.3) is 0 Å². The molecular weight excluding hydrogens is 599 g/mol. The summed E-state index contributed by atoms with van der Waals surface area (Å²) < 4.78 is 0. The molecule has 0 aliphatic heterocycles. The first-order valence-electron chi connectivity index (χ1n) is 3.62. The number of H-pyrrole nitrogens is 2. The molecule has 0 amide bonds. The molecule has 19 nitrogen and oxygen atoms in total. The molecule has 0 fully saturated rings. The molecule has 1 aromatic heterocycles. The van der Waals surface area contributed by atoms with Gasteiger partial charge in [-0.05, 0) is 0 Å². The number of carboxylic acid groups (broad SMARTS) is 4. The van der Waals surface area contributed by atoms with Gasteiger partial charge in [-0.15, -0.1) is 0 Å². The molecule has 0 unspecified atom stereocenters. The standard InChI is InChI=1S/C3H4N2.2C2H2O4.2Mo.Na.5H2O.4O/c1-2-5-3-4-1;2*3-1(4)2(5)6;;;;;;;;;;;;/h1-3H,(H,4,5);2*(H,3,4)(H,5,6);;;;5*1H2;;;;/q;;;;;+1;;;;;;4*-2/p-3. The monoisotopic (exact) mass is 618 g/mol. The van der Waals surface area contributed by atoms with Gasteiger partial charge < -0.3 is 88.9 Å². The molecule has 0 aromatic carbocycles. The van der Waals surface area contributed by atoms with Crippen LogP contribution in [0.3, 0.4) is 0 Å². The Bertz CT molecular complexity index is 330. The van der Waals surface area contributed by atoms with Gasteiger partial charge in [-0.25, -0.2) is 0 Å². The summed E-state index contributed by atoms with van der Waals surface area (Å²) in [5.41, 5.74) is 0. The van der Waals surface area contributed by atoms with Crippen molar-refractivity contribution in [2.24, 2.45) is 0 Å². The zero-order valence-electron chi connectivity index (χ0n) is 13.9. The average Bonchev–Trinajstić information content (AvgIpc) is 2.75. The van der Waals surface area contributed by atoms with Crippen molar-refractivity contribution < 1.29 is 166 Å². The van der Waals surface area contributed by atoms with Crippen molar-refractivity contribution in [2.45, 2.75) is 0 Å². The molecule has 22 heteroatoms. The molecular formula is C7H15Mo2N2NaO17-10. The molecule has 0 bridgehead atoms. The van der Waals surface area contributed by atoms with Crippen molar-refractivity contribution in [2.75, 3.05) is 0 Å². The van der Waals surface area contributed by atoms with Crippen molar-refractivity contribution >= 4 is 23.9 Å².